The van der Waals surface area contributed by atoms with Crippen LogP contribution in [0.3, 0.4) is 0 Å². The van der Waals surface area contributed by atoms with Crippen molar-refractivity contribution in [3.63, 3.8) is 0 Å². The second kappa shape index (κ2) is 8.05. The topological polar surface area (TPSA) is 18.5 Å². The first-order chi connectivity index (χ1) is 8.71. The zero-order chi connectivity index (χ0) is 13.4. The molecule has 0 saturated heterocycles. The lowest BCUT2D eigenvalue weighted by Crippen LogP contribution is -2.26. The Hall–Kier alpha value is -0.220. The standard InChI is InChI=1S/C14H20Br2O2/c1-3-14(10-15,11-16)8-9-18-13-7-5-4-6-12(13)17-2/h4-7H,3,8-11H2,1-2H3. The summed E-state index contributed by atoms with van der Waals surface area (Å²) < 4.78 is 11.1. The van der Waals surface area contributed by atoms with Crippen LogP contribution in [0.15, 0.2) is 24.3 Å². The fraction of sp³-hybridized carbons (Fsp3) is 0.571. The highest BCUT2D eigenvalue weighted by Gasteiger charge is 2.25. The normalized spacial score (nSPS) is 11.3. The van der Waals surface area contributed by atoms with E-state index in [1.807, 2.05) is 24.3 Å². The molecule has 0 radical (unpaired) electrons. The lowest BCUT2D eigenvalue weighted by atomic mass is 9.87. The molecule has 102 valence electrons. The first-order valence-corrected chi connectivity index (χ1v) is 8.33. The fourth-order valence-corrected chi connectivity index (χ4v) is 3.93. The van der Waals surface area contributed by atoms with Gasteiger partial charge in [-0.3, -0.25) is 0 Å². The van der Waals surface area contributed by atoms with Crippen molar-refractivity contribution in [1.82, 2.24) is 0 Å². The Morgan fingerprint density at radius 2 is 1.72 bits per heavy atom. The summed E-state index contributed by atoms with van der Waals surface area (Å²) in [6.07, 6.45) is 2.14. The quantitative estimate of drug-likeness (QED) is 0.612. The summed E-state index contributed by atoms with van der Waals surface area (Å²) in [6, 6.07) is 7.75. The molecule has 0 unspecified atom stereocenters. The van der Waals surface area contributed by atoms with E-state index in [1.165, 1.54) is 0 Å². The van der Waals surface area contributed by atoms with Gasteiger partial charge >= 0.3 is 0 Å². The van der Waals surface area contributed by atoms with Crippen LogP contribution in [0.4, 0.5) is 0 Å². The van der Waals surface area contributed by atoms with Crippen molar-refractivity contribution >= 4 is 31.9 Å². The van der Waals surface area contributed by atoms with Gasteiger partial charge in [0, 0.05) is 10.7 Å². The van der Waals surface area contributed by atoms with Crippen LogP contribution in [0.25, 0.3) is 0 Å². The van der Waals surface area contributed by atoms with Gasteiger partial charge in [0.2, 0.25) is 0 Å². The third-order valence-electron chi connectivity index (χ3n) is 3.28. The monoisotopic (exact) mass is 378 g/mol. The SMILES string of the molecule is CCC(CBr)(CBr)CCOc1ccccc1OC. The minimum atomic E-state index is 0.266. The van der Waals surface area contributed by atoms with Crippen LogP contribution in [0.1, 0.15) is 19.8 Å². The molecule has 0 N–H and O–H groups in total. The number of hydrogen-bond acceptors (Lipinski definition) is 2. The van der Waals surface area contributed by atoms with Gasteiger partial charge in [0.05, 0.1) is 13.7 Å². The van der Waals surface area contributed by atoms with Gasteiger partial charge in [0.15, 0.2) is 11.5 Å². The molecule has 0 aliphatic heterocycles. The number of rotatable bonds is 8. The molecule has 18 heavy (non-hydrogen) atoms. The Bertz CT molecular complexity index is 343. The Kier molecular flexibility index (Phi) is 7.08. The Morgan fingerprint density at radius 3 is 2.22 bits per heavy atom. The maximum Gasteiger partial charge on any atom is 0.161 e. The molecule has 0 heterocycles. The van der Waals surface area contributed by atoms with Gasteiger partial charge in [-0.25, -0.2) is 0 Å². The van der Waals surface area contributed by atoms with Crippen molar-refractivity contribution in [3.05, 3.63) is 24.3 Å². The van der Waals surface area contributed by atoms with E-state index in [4.69, 9.17) is 9.47 Å². The first-order valence-electron chi connectivity index (χ1n) is 6.09. The molecule has 1 aromatic rings. The molecule has 0 spiro atoms. The molecule has 4 heteroatoms. The molecule has 1 rings (SSSR count). The minimum Gasteiger partial charge on any atom is -0.493 e. The van der Waals surface area contributed by atoms with Crippen molar-refractivity contribution in [3.8, 4) is 11.5 Å². The first kappa shape index (κ1) is 15.8. The predicted octanol–water partition coefficient (Wildman–Crippen LogP) is 4.65. The Balaban J connectivity index is 2.55. The molecule has 0 bridgehead atoms. The second-order valence-electron chi connectivity index (χ2n) is 4.37. The molecule has 0 saturated carbocycles. The third-order valence-corrected chi connectivity index (χ3v) is 5.65. The van der Waals surface area contributed by atoms with E-state index in [1.54, 1.807) is 7.11 Å². The van der Waals surface area contributed by atoms with E-state index in [0.717, 1.165) is 35.0 Å². The van der Waals surface area contributed by atoms with Crippen molar-refractivity contribution in [2.24, 2.45) is 5.41 Å². The van der Waals surface area contributed by atoms with E-state index < -0.39 is 0 Å². The Labute approximate surface area is 126 Å². The molecule has 1 aromatic carbocycles. The van der Waals surface area contributed by atoms with E-state index in [2.05, 4.69) is 38.8 Å². The van der Waals surface area contributed by atoms with E-state index in [9.17, 15) is 0 Å². The highest BCUT2D eigenvalue weighted by molar-refractivity contribution is 9.09. The van der Waals surface area contributed by atoms with Gasteiger partial charge in [-0.1, -0.05) is 50.9 Å². The summed E-state index contributed by atoms with van der Waals surface area (Å²) in [6.45, 7) is 2.91. The lowest BCUT2D eigenvalue weighted by molar-refractivity contribution is 0.225. The van der Waals surface area contributed by atoms with Gasteiger partial charge in [-0.2, -0.15) is 0 Å². The van der Waals surface area contributed by atoms with Gasteiger partial charge in [0.25, 0.3) is 0 Å². The summed E-state index contributed by atoms with van der Waals surface area (Å²) in [5, 5.41) is 1.97. The maximum atomic E-state index is 5.82. The summed E-state index contributed by atoms with van der Waals surface area (Å²) in [4.78, 5) is 0. The third kappa shape index (κ3) is 4.16. The van der Waals surface area contributed by atoms with Crippen molar-refractivity contribution in [2.75, 3.05) is 24.4 Å². The van der Waals surface area contributed by atoms with Gasteiger partial charge < -0.3 is 9.47 Å². The van der Waals surface area contributed by atoms with Crippen LogP contribution >= 0.6 is 31.9 Å². The van der Waals surface area contributed by atoms with Gasteiger partial charge in [-0.15, -0.1) is 0 Å². The number of alkyl halides is 2. The molecular formula is C14H20Br2O2. The summed E-state index contributed by atoms with van der Waals surface area (Å²) in [5.74, 6) is 1.60. The smallest absolute Gasteiger partial charge is 0.161 e. The summed E-state index contributed by atoms with van der Waals surface area (Å²) in [5.41, 5.74) is 0.266. The highest BCUT2D eigenvalue weighted by atomic mass is 79.9. The fourth-order valence-electron chi connectivity index (χ4n) is 1.65. The van der Waals surface area contributed by atoms with Crippen LogP contribution in [0.5, 0.6) is 11.5 Å². The zero-order valence-electron chi connectivity index (χ0n) is 10.9. The largest absolute Gasteiger partial charge is 0.493 e. The van der Waals surface area contributed by atoms with Crippen LogP contribution in [-0.2, 0) is 0 Å². The average molecular weight is 380 g/mol. The Morgan fingerprint density at radius 1 is 1.11 bits per heavy atom. The van der Waals surface area contributed by atoms with Crippen molar-refractivity contribution in [2.45, 2.75) is 19.8 Å². The van der Waals surface area contributed by atoms with Crippen LogP contribution in [-0.4, -0.2) is 24.4 Å². The van der Waals surface area contributed by atoms with E-state index in [0.29, 0.717) is 6.61 Å². The van der Waals surface area contributed by atoms with Gasteiger partial charge in [-0.05, 0) is 30.4 Å². The molecular weight excluding hydrogens is 360 g/mol. The number of methoxy groups -OCH3 is 1. The van der Waals surface area contributed by atoms with E-state index >= 15 is 0 Å². The van der Waals surface area contributed by atoms with Crippen molar-refractivity contribution < 1.29 is 9.47 Å². The van der Waals surface area contributed by atoms with Crippen LogP contribution in [0, 0.1) is 5.41 Å². The molecule has 2 nitrogen and oxygen atoms in total. The van der Waals surface area contributed by atoms with Crippen LogP contribution in [0.2, 0.25) is 0 Å². The molecule has 0 atom stereocenters. The lowest BCUT2D eigenvalue weighted by Gasteiger charge is -2.28. The number of halogens is 2. The average Bonchev–Trinajstić information content (AvgIpc) is 2.44. The molecule has 0 aliphatic carbocycles. The number of hydrogen-bond donors (Lipinski definition) is 0. The molecule has 0 aromatic heterocycles. The molecule has 0 amide bonds. The maximum absolute atomic E-state index is 5.82. The number of benzene rings is 1. The van der Waals surface area contributed by atoms with Crippen LogP contribution < -0.4 is 9.47 Å². The number of ether oxygens (including phenoxy) is 2. The highest BCUT2D eigenvalue weighted by Crippen LogP contribution is 2.32. The molecule has 0 aliphatic rings. The van der Waals surface area contributed by atoms with E-state index in [-0.39, 0.29) is 5.41 Å². The molecule has 0 fully saturated rings. The summed E-state index contributed by atoms with van der Waals surface area (Å²) in [7, 11) is 1.66. The minimum absolute atomic E-state index is 0.266. The van der Waals surface area contributed by atoms with Crippen molar-refractivity contribution in [1.29, 1.82) is 0 Å². The van der Waals surface area contributed by atoms with Gasteiger partial charge in [0.1, 0.15) is 0 Å². The predicted molar refractivity (Wildman–Crippen MR) is 83.4 cm³/mol. The second-order valence-corrected chi connectivity index (χ2v) is 5.49. The zero-order valence-corrected chi connectivity index (χ0v) is 14.1. The number of para-hydroxylation sites is 2. The summed E-state index contributed by atoms with van der Waals surface area (Å²) >= 11 is 7.20.